The van der Waals surface area contributed by atoms with Gasteiger partial charge in [-0.25, -0.2) is 0 Å². The molecule has 138 valence electrons. The molecule has 0 spiro atoms. The largest absolute Gasteiger partial charge is 0.339 e. The fourth-order valence-corrected chi connectivity index (χ4v) is 4.37. The van der Waals surface area contributed by atoms with E-state index in [1.807, 2.05) is 28.4 Å². The van der Waals surface area contributed by atoms with Crippen molar-refractivity contribution in [1.82, 2.24) is 4.90 Å². The lowest BCUT2D eigenvalue weighted by atomic mass is 10.1. The zero-order valence-corrected chi connectivity index (χ0v) is 16.3. The summed E-state index contributed by atoms with van der Waals surface area (Å²) in [5.41, 5.74) is 2.79. The molecule has 0 bridgehead atoms. The summed E-state index contributed by atoms with van der Waals surface area (Å²) >= 11 is 1.81. The third-order valence-electron chi connectivity index (χ3n) is 4.80. The Morgan fingerprint density at radius 3 is 2.42 bits per heavy atom. The molecule has 1 fully saturated rings. The molecule has 1 aliphatic rings. The van der Waals surface area contributed by atoms with E-state index in [0.29, 0.717) is 12.0 Å². The highest BCUT2D eigenvalue weighted by Gasteiger charge is 2.19. The maximum atomic E-state index is 12.3. The highest BCUT2D eigenvalue weighted by atomic mass is 32.1. The molecule has 1 N–H and O–H groups in total. The van der Waals surface area contributed by atoms with Crippen LogP contribution in [0, 0.1) is 13.8 Å². The number of likely N-dealkylation sites (tertiary alicyclic amines) is 1. The van der Waals surface area contributed by atoms with E-state index in [-0.39, 0.29) is 11.8 Å². The number of hydrogen-bond acceptors (Lipinski definition) is 3. The predicted molar refractivity (Wildman–Crippen MR) is 107 cm³/mol. The zero-order chi connectivity index (χ0) is 18.5. The van der Waals surface area contributed by atoms with Gasteiger partial charge in [0.2, 0.25) is 5.91 Å². The van der Waals surface area contributed by atoms with E-state index >= 15 is 0 Å². The fraction of sp³-hybridized carbons (Fsp3) is 0.429. The lowest BCUT2D eigenvalue weighted by molar-refractivity contribution is -0.116. The van der Waals surface area contributed by atoms with Gasteiger partial charge in [-0.15, -0.1) is 11.3 Å². The smallest absolute Gasteiger partial charge is 0.253 e. The number of benzene rings is 1. The topological polar surface area (TPSA) is 49.4 Å². The molecule has 3 rings (SSSR count). The highest BCUT2D eigenvalue weighted by molar-refractivity contribution is 7.12. The third-order valence-corrected chi connectivity index (χ3v) is 5.81. The van der Waals surface area contributed by atoms with Gasteiger partial charge in [0.15, 0.2) is 0 Å². The molecule has 0 aliphatic carbocycles. The van der Waals surface area contributed by atoms with Crippen molar-refractivity contribution in [3.63, 3.8) is 0 Å². The monoisotopic (exact) mass is 370 g/mol. The molecule has 5 heteroatoms. The Balaban J connectivity index is 1.46. The minimum atomic E-state index is 0.0215. The van der Waals surface area contributed by atoms with Crippen LogP contribution in [0.15, 0.2) is 30.3 Å². The summed E-state index contributed by atoms with van der Waals surface area (Å²) in [5.74, 6) is 0.107. The van der Waals surface area contributed by atoms with Crippen molar-refractivity contribution in [1.29, 1.82) is 0 Å². The second-order valence-electron chi connectivity index (χ2n) is 6.92. The van der Waals surface area contributed by atoms with Gasteiger partial charge in [-0.1, -0.05) is 0 Å². The number of rotatable bonds is 6. The average molecular weight is 371 g/mol. The van der Waals surface area contributed by atoms with E-state index in [2.05, 4.69) is 25.2 Å². The van der Waals surface area contributed by atoms with Crippen molar-refractivity contribution in [2.24, 2.45) is 0 Å². The first-order valence-corrected chi connectivity index (χ1v) is 10.1. The van der Waals surface area contributed by atoms with Crippen LogP contribution in [-0.4, -0.2) is 29.8 Å². The highest BCUT2D eigenvalue weighted by Crippen LogP contribution is 2.22. The Morgan fingerprint density at radius 2 is 1.81 bits per heavy atom. The standard InChI is InChI=1S/C21H26N2O2S/c1-15-14-18(16(2)26-15)6-5-7-20(24)22-19-10-8-17(9-11-19)21(25)23-12-3-4-13-23/h8-11,14H,3-7,12-13H2,1-2H3,(H,22,24). The van der Waals surface area contributed by atoms with Crippen LogP contribution in [0.5, 0.6) is 0 Å². The van der Waals surface area contributed by atoms with Crippen molar-refractivity contribution in [3.05, 3.63) is 51.2 Å². The van der Waals surface area contributed by atoms with E-state index in [9.17, 15) is 9.59 Å². The Kier molecular flexibility index (Phi) is 6.09. The van der Waals surface area contributed by atoms with Gasteiger partial charge in [-0.2, -0.15) is 0 Å². The molecule has 1 aromatic heterocycles. The minimum Gasteiger partial charge on any atom is -0.339 e. The van der Waals surface area contributed by atoms with E-state index in [1.165, 1.54) is 15.3 Å². The van der Waals surface area contributed by atoms with Gasteiger partial charge >= 0.3 is 0 Å². The van der Waals surface area contributed by atoms with Gasteiger partial charge in [0.05, 0.1) is 0 Å². The molecule has 0 radical (unpaired) electrons. The van der Waals surface area contributed by atoms with E-state index in [0.717, 1.165) is 44.5 Å². The maximum absolute atomic E-state index is 12.3. The first kappa shape index (κ1) is 18.6. The Hall–Kier alpha value is -2.14. The van der Waals surface area contributed by atoms with Crippen LogP contribution >= 0.6 is 11.3 Å². The second-order valence-corrected chi connectivity index (χ2v) is 8.38. The SMILES string of the molecule is Cc1cc(CCCC(=O)Nc2ccc(C(=O)N3CCCC3)cc2)c(C)s1. The fourth-order valence-electron chi connectivity index (χ4n) is 3.39. The van der Waals surface area contributed by atoms with E-state index in [4.69, 9.17) is 0 Å². The Morgan fingerprint density at radius 1 is 1.12 bits per heavy atom. The molecular weight excluding hydrogens is 344 g/mol. The summed E-state index contributed by atoms with van der Waals surface area (Å²) in [6.45, 7) is 5.95. The number of nitrogens with one attached hydrogen (secondary N) is 1. The summed E-state index contributed by atoms with van der Waals surface area (Å²) in [4.78, 5) is 29.0. The second kappa shape index (κ2) is 8.49. The maximum Gasteiger partial charge on any atom is 0.253 e. The molecule has 0 atom stereocenters. The molecule has 2 heterocycles. The molecule has 0 unspecified atom stereocenters. The molecule has 26 heavy (non-hydrogen) atoms. The normalized spacial score (nSPS) is 13.8. The van der Waals surface area contributed by atoms with Crippen LogP contribution in [-0.2, 0) is 11.2 Å². The summed E-state index contributed by atoms with van der Waals surface area (Å²) in [6.07, 6.45) is 4.46. The molecule has 2 aromatic rings. The molecule has 4 nitrogen and oxygen atoms in total. The van der Waals surface area contributed by atoms with Gasteiger partial charge in [-0.3, -0.25) is 9.59 Å². The first-order chi connectivity index (χ1) is 12.5. The van der Waals surface area contributed by atoms with Crippen LogP contribution in [0.25, 0.3) is 0 Å². The van der Waals surface area contributed by atoms with Crippen LogP contribution in [0.2, 0.25) is 0 Å². The predicted octanol–water partition coefficient (Wildman–Crippen LogP) is 4.56. The van der Waals surface area contributed by atoms with Gasteiger partial charge in [0, 0.05) is 40.5 Å². The lowest BCUT2D eigenvalue weighted by Gasteiger charge is -2.15. The molecular formula is C21H26N2O2S. The number of carbonyl (C=O) groups excluding carboxylic acids is 2. The van der Waals surface area contributed by atoms with Gasteiger partial charge in [0.25, 0.3) is 5.91 Å². The molecule has 0 saturated carbocycles. The van der Waals surface area contributed by atoms with Crippen LogP contribution in [0.4, 0.5) is 5.69 Å². The number of amides is 2. The van der Waals surface area contributed by atoms with Crippen molar-refractivity contribution in [2.45, 2.75) is 46.0 Å². The van der Waals surface area contributed by atoms with E-state index < -0.39 is 0 Å². The number of hydrogen-bond donors (Lipinski definition) is 1. The molecule has 1 aliphatic heterocycles. The zero-order valence-electron chi connectivity index (χ0n) is 15.5. The number of thiophene rings is 1. The average Bonchev–Trinajstić information content (AvgIpc) is 3.25. The third kappa shape index (κ3) is 4.73. The first-order valence-electron chi connectivity index (χ1n) is 9.28. The van der Waals surface area contributed by atoms with Crippen LogP contribution < -0.4 is 5.32 Å². The number of aryl methyl sites for hydroxylation is 3. The summed E-state index contributed by atoms with van der Waals surface area (Å²) < 4.78 is 0. The summed E-state index contributed by atoms with van der Waals surface area (Å²) in [5, 5.41) is 2.92. The van der Waals surface area contributed by atoms with Gasteiger partial charge in [-0.05, 0) is 75.4 Å². The van der Waals surface area contributed by atoms with E-state index in [1.54, 1.807) is 12.1 Å². The van der Waals surface area contributed by atoms with Crippen molar-refractivity contribution in [2.75, 3.05) is 18.4 Å². The Bertz CT molecular complexity index is 774. The van der Waals surface area contributed by atoms with Crippen LogP contribution in [0.3, 0.4) is 0 Å². The summed E-state index contributed by atoms with van der Waals surface area (Å²) in [7, 11) is 0. The lowest BCUT2D eigenvalue weighted by Crippen LogP contribution is -2.27. The van der Waals surface area contributed by atoms with Crippen molar-refractivity contribution < 1.29 is 9.59 Å². The molecule has 2 amide bonds. The Labute approximate surface area is 159 Å². The number of nitrogens with zero attached hydrogens (tertiary/aromatic N) is 1. The van der Waals surface area contributed by atoms with Gasteiger partial charge < -0.3 is 10.2 Å². The number of carbonyl (C=O) groups is 2. The van der Waals surface area contributed by atoms with Crippen molar-refractivity contribution >= 4 is 28.8 Å². The van der Waals surface area contributed by atoms with Crippen LogP contribution in [0.1, 0.15) is 51.4 Å². The number of anilines is 1. The van der Waals surface area contributed by atoms with Crippen molar-refractivity contribution in [3.8, 4) is 0 Å². The quantitative estimate of drug-likeness (QED) is 0.810. The molecule has 1 aromatic carbocycles. The molecule has 1 saturated heterocycles. The minimum absolute atomic E-state index is 0.0215. The van der Waals surface area contributed by atoms with Gasteiger partial charge in [0.1, 0.15) is 0 Å². The summed E-state index contributed by atoms with van der Waals surface area (Å²) in [6, 6.07) is 9.44.